The van der Waals surface area contributed by atoms with E-state index in [1.54, 1.807) is 23.1 Å². The van der Waals surface area contributed by atoms with E-state index in [1.165, 1.54) is 6.92 Å². The van der Waals surface area contributed by atoms with E-state index in [1.807, 2.05) is 0 Å². The highest BCUT2D eigenvalue weighted by Crippen LogP contribution is 2.32. The second-order valence-electron chi connectivity index (χ2n) is 3.76. The van der Waals surface area contributed by atoms with Crippen LogP contribution in [-0.2, 0) is 4.79 Å². The molecule has 4 nitrogen and oxygen atoms in total. The minimum atomic E-state index is -0.163. The molecule has 0 aromatic heterocycles. The molecule has 1 aliphatic rings. The van der Waals surface area contributed by atoms with E-state index >= 15 is 0 Å². The van der Waals surface area contributed by atoms with Gasteiger partial charge in [-0.1, -0.05) is 0 Å². The summed E-state index contributed by atoms with van der Waals surface area (Å²) in [6.07, 6.45) is 0. The number of ether oxygens (including phenoxy) is 1. The third-order valence-electron chi connectivity index (χ3n) is 2.65. The second-order valence-corrected chi connectivity index (χ2v) is 4.03. The summed E-state index contributed by atoms with van der Waals surface area (Å²) >= 11 is 5.51. The highest BCUT2D eigenvalue weighted by molar-refractivity contribution is 6.30. The number of hydrogen-bond acceptors (Lipinski definition) is 3. The standard InChI is InChI=1S/C12H12ClNO3/c1-8(15)14-4-5-17-12-3-2-9(6-10(12)14)11(16)7-13/h2-3,6H,4-5,7H2,1H3. The Morgan fingerprint density at radius 3 is 2.88 bits per heavy atom. The summed E-state index contributed by atoms with van der Waals surface area (Å²) in [4.78, 5) is 24.6. The van der Waals surface area contributed by atoms with Crippen LogP contribution in [0.2, 0.25) is 0 Å². The Kier molecular flexibility index (Phi) is 3.33. The van der Waals surface area contributed by atoms with E-state index in [9.17, 15) is 9.59 Å². The maximum absolute atomic E-state index is 11.5. The summed E-state index contributed by atoms with van der Waals surface area (Å²) in [7, 11) is 0. The van der Waals surface area contributed by atoms with Gasteiger partial charge in [-0.2, -0.15) is 0 Å². The lowest BCUT2D eigenvalue weighted by Crippen LogP contribution is -2.36. The number of Topliss-reactive ketones (excluding diaryl/α,β-unsaturated/α-hetero) is 1. The van der Waals surface area contributed by atoms with Gasteiger partial charge in [0.1, 0.15) is 12.4 Å². The number of benzene rings is 1. The molecular formula is C12H12ClNO3. The number of halogens is 1. The molecule has 5 heteroatoms. The number of carbonyl (C=O) groups is 2. The van der Waals surface area contributed by atoms with E-state index in [-0.39, 0.29) is 17.6 Å². The van der Waals surface area contributed by atoms with Gasteiger partial charge in [-0.05, 0) is 18.2 Å². The first-order valence-electron chi connectivity index (χ1n) is 5.27. The SMILES string of the molecule is CC(=O)N1CCOc2ccc(C(=O)CCl)cc21. The molecule has 1 amide bonds. The fourth-order valence-corrected chi connectivity index (χ4v) is 1.95. The van der Waals surface area contributed by atoms with Crippen molar-refractivity contribution in [2.45, 2.75) is 6.92 Å². The monoisotopic (exact) mass is 253 g/mol. The number of carbonyl (C=O) groups excluding carboxylic acids is 2. The molecule has 0 unspecified atom stereocenters. The lowest BCUT2D eigenvalue weighted by molar-refractivity contribution is -0.116. The zero-order chi connectivity index (χ0) is 12.4. The van der Waals surface area contributed by atoms with Crippen LogP contribution in [0, 0.1) is 0 Å². The lowest BCUT2D eigenvalue weighted by atomic mass is 10.1. The Hall–Kier alpha value is -1.55. The zero-order valence-corrected chi connectivity index (χ0v) is 10.2. The first kappa shape index (κ1) is 11.9. The number of amides is 1. The van der Waals surface area contributed by atoms with E-state index in [0.29, 0.717) is 30.2 Å². The predicted molar refractivity (Wildman–Crippen MR) is 65.0 cm³/mol. The van der Waals surface area contributed by atoms with Crippen molar-refractivity contribution in [1.82, 2.24) is 0 Å². The first-order valence-corrected chi connectivity index (χ1v) is 5.81. The van der Waals surface area contributed by atoms with Crippen molar-refractivity contribution >= 4 is 29.0 Å². The molecule has 0 radical (unpaired) electrons. The number of anilines is 1. The molecule has 0 saturated carbocycles. The molecule has 17 heavy (non-hydrogen) atoms. The van der Waals surface area contributed by atoms with Crippen LogP contribution < -0.4 is 9.64 Å². The molecule has 0 bridgehead atoms. The molecule has 1 aliphatic heterocycles. The van der Waals surface area contributed by atoms with Crippen molar-refractivity contribution in [3.63, 3.8) is 0 Å². The largest absolute Gasteiger partial charge is 0.490 e. The van der Waals surface area contributed by atoms with Gasteiger partial charge in [-0.15, -0.1) is 11.6 Å². The summed E-state index contributed by atoms with van der Waals surface area (Å²) in [6, 6.07) is 5.01. The number of rotatable bonds is 2. The second kappa shape index (κ2) is 4.75. The Morgan fingerprint density at radius 1 is 1.47 bits per heavy atom. The van der Waals surface area contributed by atoms with Gasteiger partial charge >= 0.3 is 0 Å². The molecule has 90 valence electrons. The van der Waals surface area contributed by atoms with Crippen LogP contribution in [0.4, 0.5) is 5.69 Å². The quantitative estimate of drug-likeness (QED) is 0.597. The van der Waals surface area contributed by atoms with Gasteiger partial charge < -0.3 is 9.64 Å². The number of nitrogens with zero attached hydrogens (tertiary/aromatic N) is 1. The van der Waals surface area contributed by atoms with Crippen molar-refractivity contribution in [3.05, 3.63) is 23.8 Å². The average Bonchev–Trinajstić information content (AvgIpc) is 2.36. The lowest BCUT2D eigenvalue weighted by Gasteiger charge is -2.28. The summed E-state index contributed by atoms with van der Waals surface area (Å²) < 4.78 is 5.43. The summed E-state index contributed by atoms with van der Waals surface area (Å²) in [6.45, 7) is 2.46. The predicted octanol–water partition coefficient (Wildman–Crippen LogP) is 1.85. The molecule has 0 atom stereocenters. The molecule has 0 saturated heterocycles. The number of fused-ring (bicyclic) bond motifs is 1. The molecule has 0 N–H and O–H groups in total. The van der Waals surface area contributed by atoms with Gasteiger partial charge in [0, 0.05) is 12.5 Å². The molecule has 0 spiro atoms. The maximum atomic E-state index is 11.5. The maximum Gasteiger partial charge on any atom is 0.224 e. The van der Waals surface area contributed by atoms with Crippen molar-refractivity contribution in [3.8, 4) is 5.75 Å². The first-order chi connectivity index (χ1) is 8.13. The van der Waals surface area contributed by atoms with Crippen LogP contribution in [0.15, 0.2) is 18.2 Å². The molecular weight excluding hydrogens is 242 g/mol. The normalized spacial score (nSPS) is 13.9. The average molecular weight is 254 g/mol. The van der Waals surface area contributed by atoms with Gasteiger partial charge in [-0.3, -0.25) is 9.59 Å². The highest BCUT2D eigenvalue weighted by Gasteiger charge is 2.22. The number of hydrogen-bond donors (Lipinski definition) is 0. The van der Waals surface area contributed by atoms with Crippen molar-refractivity contribution in [2.75, 3.05) is 23.9 Å². The van der Waals surface area contributed by atoms with Crippen LogP contribution in [0.5, 0.6) is 5.75 Å². The van der Waals surface area contributed by atoms with Crippen LogP contribution in [-0.4, -0.2) is 30.7 Å². The fraction of sp³-hybridized carbons (Fsp3) is 0.333. The molecule has 0 fully saturated rings. The smallest absolute Gasteiger partial charge is 0.224 e. The third kappa shape index (κ3) is 2.26. The Bertz CT molecular complexity index is 473. The Morgan fingerprint density at radius 2 is 2.24 bits per heavy atom. The summed E-state index contributed by atoms with van der Waals surface area (Å²) in [5.74, 6) is 0.325. The van der Waals surface area contributed by atoms with E-state index < -0.39 is 0 Å². The molecule has 1 aromatic carbocycles. The number of alkyl halides is 1. The Labute approximate surface area is 104 Å². The van der Waals surface area contributed by atoms with Gasteiger partial charge in [0.15, 0.2) is 5.78 Å². The fourth-order valence-electron chi connectivity index (χ4n) is 1.80. The third-order valence-corrected chi connectivity index (χ3v) is 2.89. The minimum absolute atomic E-state index is 0.0648. The van der Waals surface area contributed by atoms with Crippen LogP contribution in [0.3, 0.4) is 0 Å². The van der Waals surface area contributed by atoms with Crippen LogP contribution in [0.25, 0.3) is 0 Å². The van der Waals surface area contributed by atoms with Crippen LogP contribution in [0.1, 0.15) is 17.3 Å². The molecule has 2 rings (SSSR count). The zero-order valence-electron chi connectivity index (χ0n) is 9.40. The van der Waals surface area contributed by atoms with Gasteiger partial charge in [0.05, 0.1) is 18.1 Å². The number of ketones is 1. The summed E-state index contributed by atoms with van der Waals surface area (Å²) in [5.41, 5.74) is 1.13. The van der Waals surface area contributed by atoms with E-state index in [2.05, 4.69) is 0 Å². The topological polar surface area (TPSA) is 46.6 Å². The molecule has 0 aliphatic carbocycles. The van der Waals surface area contributed by atoms with Gasteiger partial charge in [0.25, 0.3) is 0 Å². The van der Waals surface area contributed by atoms with Gasteiger partial charge in [0.2, 0.25) is 5.91 Å². The van der Waals surface area contributed by atoms with E-state index in [4.69, 9.17) is 16.3 Å². The van der Waals surface area contributed by atoms with E-state index in [0.717, 1.165) is 0 Å². The highest BCUT2D eigenvalue weighted by atomic mass is 35.5. The van der Waals surface area contributed by atoms with Crippen molar-refractivity contribution in [2.24, 2.45) is 0 Å². The van der Waals surface area contributed by atoms with Gasteiger partial charge in [-0.25, -0.2) is 0 Å². The van der Waals surface area contributed by atoms with Crippen LogP contribution >= 0.6 is 11.6 Å². The summed E-state index contributed by atoms with van der Waals surface area (Å²) in [5, 5.41) is 0. The Balaban J connectivity index is 2.44. The molecule has 1 heterocycles. The van der Waals surface area contributed by atoms with Crippen molar-refractivity contribution < 1.29 is 14.3 Å². The minimum Gasteiger partial charge on any atom is -0.490 e. The van der Waals surface area contributed by atoms with Crippen molar-refractivity contribution in [1.29, 1.82) is 0 Å². The molecule has 1 aromatic rings.